The summed E-state index contributed by atoms with van der Waals surface area (Å²) in [5.74, 6) is 1.20. The molecule has 0 spiro atoms. The molecule has 4 heterocycles. The molecule has 4 rings (SSSR count). The monoisotopic (exact) mass is 368 g/mol. The van der Waals surface area contributed by atoms with Crippen LogP contribution in [0.25, 0.3) is 5.78 Å². The Hall–Kier alpha value is -3.30. The van der Waals surface area contributed by atoms with E-state index in [-0.39, 0.29) is 29.7 Å². The van der Waals surface area contributed by atoms with Crippen LogP contribution in [0.5, 0.6) is 0 Å². The number of rotatable bonds is 4. The van der Waals surface area contributed by atoms with Gasteiger partial charge in [0.1, 0.15) is 5.82 Å². The minimum atomic E-state index is -0.248. The number of aromatic nitrogens is 6. The van der Waals surface area contributed by atoms with Crippen molar-refractivity contribution in [3.05, 3.63) is 46.4 Å². The fraction of sp³-hybridized carbons (Fsp3) is 0.412. The van der Waals surface area contributed by atoms with Crippen molar-refractivity contribution in [2.24, 2.45) is 0 Å². The van der Waals surface area contributed by atoms with Crippen LogP contribution in [0.4, 0.5) is 5.95 Å². The number of hydrogen-bond donors (Lipinski definition) is 2. The normalized spacial score (nSPS) is 17.2. The molecule has 1 saturated heterocycles. The molecule has 10 heteroatoms. The molecule has 1 atom stereocenters. The smallest absolute Gasteiger partial charge is 0.274 e. The molecule has 3 aromatic heterocycles. The van der Waals surface area contributed by atoms with Crippen molar-refractivity contribution in [1.29, 1.82) is 0 Å². The summed E-state index contributed by atoms with van der Waals surface area (Å²) < 4.78 is 1.24. The third-order valence-electron chi connectivity index (χ3n) is 4.45. The molecular formula is C17H20N8O2. The predicted molar refractivity (Wildman–Crippen MR) is 97.5 cm³/mol. The molecule has 3 aromatic rings. The first-order valence-corrected chi connectivity index (χ1v) is 8.85. The van der Waals surface area contributed by atoms with Crippen molar-refractivity contribution < 1.29 is 4.79 Å². The molecule has 0 saturated carbocycles. The summed E-state index contributed by atoms with van der Waals surface area (Å²) in [6.07, 6.45) is 5.33. The highest BCUT2D eigenvalue weighted by Crippen LogP contribution is 2.15. The largest absolute Gasteiger partial charge is 0.351 e. The van der Waals surface area contributed by atoms with Crippen LogP contribution >= 0.6 is 0 Å². The molecule has 1 unspecified atom stereocenters. The lowest BCUT2D eigenvalue weighted by Crippen LogP contribution is -2.48. The Bertz CT molecular complexity index is 1010. The number of hydrogen-bond acceptors (Lipinski definition) is 7. The second kappa shape index (κ2) is 7.14. The van der Waals surface area contributed by atoms with Gasteiger partial charge in [-0.3, -0.25) is 14.7 Å². The lowest BCUT2D eigenvalue weighted by Gasteiger charge is -2.33. The summed E-state index contributed by atoms with van der Waals surface area (Å²) in [4.78, 5) is 43.4. The van der Waals surface area contributed by atoms with Gasteiger partial charge in [0, 0.05) is 43.3 Å². The Morgan fingerprint density at radius 3 is 2.96 bits per heavy atom. The molecule has 10 nitrogen and oxygen atoms in total. The lowest BCUT2D eigenvalue weighted by atomic mass is 10.1. The first-order chi connectivity index (χ1) is 13.1. The number of nitrogens with one attached hydrogen (secondary N) is 2. The number of amides is 1. The van der Waals surface area contributed by atoms with Gasteiger partial charge in [-0.25, -0.2) is 15.0 Å². The van der Waals surface area contributed by atoms with Crippen molar-refractivity contribution in [2.45, 2.75) is 32.2 Å². The summed E-state index contributed by atoms with van der Waals surface area (Å²) in [6, 6.07) is 3.21. The van der Waals surface area contributed by atoms with E-state index in [1.165, 1.54) is 10.6 Å². The lowest BCUT2D eigenvalue weighted by molar-refractivity contribution is -0.121. The minimum absolute atomic E-state index is 0.0162. The van der Waals surface area contributed by atoms with Crippen LogP contribution in [-0.2, 0) is 11.2 Å². The second-order valence-electron chi connectivity index (χ2n) is 6.62. The standard InChI is InChI=1S/C17H20N8O2/c1-11-8-15(27)25-17(20-11)22-13(23-25)9-14(26)21-12-4-2-7-24(10-12)16-18-5-3-6-19-16/h3,5-6,8,12H,2,4,7,9-10H2,1H3,(H,21,26)(H,20,22,23). The van der Waals surface area contributed by atoms with Gasteiger partial charge in [0.05, 0.1) is 6.42 Å². The van der Waals surface area contributed by atoms with Gasteiger partial charge in [0.25, 0.3) is 11.3 Å². The van der Waals surface area contributed by atoms with E-state index < -0.39 is 0 Å². The molecule has 0 aromatic carbocycles. The fourth-order valence-electron chi connectivity index (χ4n) is 3.28. The van der Waals surface area contributed by atoms with Crippen molar-refractivity contribution >= 4 is 17.6 Å². The number of carbonyl (C=O) groups excluding carboxylic acids is 1. The van der Waals surface area contributed by atoms with Gasteiger partial charge in [0.15, 0.2) is 0 Å². The van der Waals surface area contributed by atoms with Gasteiger partial charge in [-0.15, -0.1) is 0 Å². The zero-order valence-electron chi connectivity index (χ0n) is 14.9. The maximum Gasteiger partial charge on any atom is 0.274 e. The molecule has 1 aliphatic heterocycles. The van der Waals surface area contributed by atoms with Crippen LogP contribution < -0.4 is 15.8 Å². The number of anilines is 1. The van der Waals surface area contributed by atoms with Crippen LogP contribution in [-0.4, -0.2) is 54.6 Å². The molecule has 0 bridgehead atoms. The van der Waals surface area contributed by atoms with E-state index in [0.717, 1.165) is 19.4 Å². The van der Waals surface area contributed by atoms with Crippen LogP contribution in [0.2, 0.25) is 0 Å². The highest BCUT2D eigenvalue weighted by Gasteiger charge is 2.23. The topological polar surface area (TPSA) is 121 Å². The molecule has 2 N–H and O–H groups in total. The Balaban J connectivity index is 1.40. The van der Waals surface area contributed by atoms with Gasteiger partial charge >= 0.3 is 0 Å². The Morgan fingerprint density at radius 2 is 2.15 bits per heavy atom. The number of piperidine rings is 1. The molecular weight excluding hydrogens is 348 g/mol. The summed E-state index contributed by atoms with van der Waals surface area (Å²) in [7, 11) is 0. The highest BCUT2D eigenvalue weighted by atomic mass is 16.2. The van der Waals surface area contributed by atoms with Gasteiger partial charge in [-0.2, -0.15) is 9.50 Å². The van der Waals surface area contributed by atoms with E-state index in [1.54, 1.807) is 25.4 Å². The number of H-pyrrole nitrogens is 1. The number of carbonyl (C=O) groups is 1. The van der Waals surface area contributed by atoms with Crippen LogP contribution in [0.1, 0.15) is 24.4 Å². The first-order valence-electron chi connectivity index (χ1n) is 8.85. The summed E-state index contributed by atoms with van der Waals surface area (Å²) >= 11 is 0. The molecule has 1 amide bonds. The van der Waals surface area contributed by atoms with E-state index in [4.69, 9.17) is 0 Å². The Labute approximate surface area is 154 Å². The van der Waals surface area contributed by atoms with E-state index >= 15 is 0 Å². The third-order valence-corrected chi connectivity index (χ3v) is 4.45. The van der Waals surface area contributed by atoms with Gasteiger partial charge < -0.3 is 10.2 Å². The maximum atomic E-state index is 12.4. The van der Waals surface area contributed by atoms with Crippen LogP contribution in [0, 0.1) is 6.92 Å². The summed E-state index contributed by atoms with van der Waals surface area (Å²) in [5.41, 5.74) is 0.343. The van der Waals surface area contributed by atoms with Gasteiger partial charge in [-0.1, -0.05) is 0 Å². The molecule has 1 aliphatic rings. The van der Waals surface area contributed by atoms with Crippen molar-refractivity contribution in [3.63, 3.8) is 0 Å². The van der Waals surface area contributed by atoms with Crippen molar-refractivity contribution in [1.82, 2.24) is 34.9 Å². The van der Waals surface area contributed by atoms with Gasteiger partial charge in [0.2, 0.25) is 11.9 Å². The zero-order valence-corrected chi connectivity index (χ0v) is 14.9. The molecule has 1 fully saturated rings. The van der Waals surface area contributed by atoms with Gasteiger partial charge in [-0.05, 0) is 25.8 Å². The predicted octanol–water partition coefficient (Wildman–Crippen LogP) is -0.156. The molecule has 0 aliphatic carbocycles. The maximum absolute atomic E-state index is 12.4. The first kappa shape index (κ1) is 17.1. The minimum Gasteiger partial charge on any atom is -0.351 e. The van der Waals surface area contributed by atoms with E-state index in [2.05, 4.69) is 35.3 Å². The van der Waals surface area contributed by atoms with E-state index in [9.17, 15) is 9.59 Å². The Kier molecular flexibility index (Phi) is 4.53. The number of fused-ring (bicyclic) bond motifs is 1. The summed E-state index contributed by atoms with van der Waals surface area (Å²) in [6.45, 7) is 3.26. The SMILES string of the molecule is Cc1cc(=O)n2[nH]c(CC(=O)NC3CCCN(c4ncccn4)C3)nc2n1. The van der Waals surface area contributed by atoms with Crippen molar-refractivity contribution in [2.75, 3.05) is 18.0 Å². The zero-order chi connectivity index (χ0) is 18.8. The van der Waals surface area contributed by atoms with E-state index in [1.807, 2.05) is 0 Å². The fourth-order valence-corrected chi connectivity index (χ4v) is 3.28. The number of nitrogens with zero attached hydrogens (tertiary/aromatic N) is 6. The molecule has 0 radical (unpaired) electrons. The average Bonchev–Trinajstić information content (AvgIpc) is 3.05. The third kappa shape index (κ3) is 3.78. The summed E-state index contributed by atoms with van der Waals surface area (Å²) in [5, 5.41) is 5.87. The molecule has 27 heavy (non-hydrogen) atoms. The quantitative estimate of drug-likeness (QED) is 0.656. The number of aryl methyl sites for hydroxylation is 1. The Morgan fingerprint density at radius 1 is 1.33 bits per heavy atom. The van der Waals surface area contributed by atoms with Crippen molar-refractivity contribution in [3.8, 4) is 0 Å². The second-order valence-corrected chi connectivity index (χ2v) is 6.62. The highest BCUT2D eigenvalue weighted by molar-refractivity contribution is 5.78. The average molecular weight is 368 g/mol. The van der Waals surface area contributed by atoms with Crippen LogP contribution in [0.15, 0.2) is 29.3 Å². The van der Waals surface area contributed by atoms with Crippen LogP contribution in [0.3, 0.4) is 0 Å². The van der Waals surface area contributed by atoms with E-state index in [0.29, 0.717) is 24.0 Å². The molecule has 140 valence electrons. The number of aromatic amines is 1.